The molecule has 164 valence electrons. The van der Waals surface area contributed by atoms with Gasteiger partial charge in [0.25, 0.3) is 0 Å². The molecule has 0 bridgehead atoms. The molecule has 1 amide bonds. The van der Waals surface area contributed by atoms with E-state index in [-0.39, 0.29) is 24.2 Å². The number of carbonyl (C=O) groups is 1. The van der Waals surface area contributed by atoms with Crippen molar-refractivity contribution in [3.8, 4) is 0 Å². The van der Waals surface area contributed by atoms with E-state index in [2.05, 4.69) is 5.32 Å². The summed E-state index contributed by atoms with van der Waals surface area (Å²) in [5.74, 6) is 0.911. The summed E-state index contributed by atoms with van der Waals surface area (Å²) >= 11 is 1.59. The van der Waals surface area contributed by atoms with Gasteiger partial charge in [-0.15, -0.1) is 0 Å². The normalized spacial score (nSPS) is 11.5. The van der Waals surface area contributed by atoms with Crippen molar-refractivity contribution in [3.05, 3.63) is 65.5 Å². The van der Waals surface area contributed by atoms with Crippen LogP contribution in [0.5, 0.6) is 0 Å². The van der Waals surface area contributed by atoms with Crippen LogP contribution in [0.1, 0.15) is 37.3 Å². The zero-order valence-corrected chi connectivity index (χ0v) is 19.2. The number of thioether (sulfide) groups is 1. The molecule has 1 N–H and O–H groups in total. The molecule has 0 aliphatic carbocycles. The first kappa shape index (κ1) is 24.2. The van der Waals surface area contributed by atoms with Gasteiger partial charge in [-0.2, -0.15) is 11.8 Å². The molecule has 5 nitrogen and oxygen atoms in total. The molecule has 2 aromatic rings. The van der Waals surface area contributed by atoms with Crippen LogP contribution in [0.15, 0.2) is 48.5 Å². The summed E-state index contributed by atoms with van der Waals surface area (Å²) in [4.78, 5) is 12.4. The molecule has 30 heavy (non-hydrogen) atoms. The van der Waals surface area contributed by atoms with Crippen molar-refractivity contribution in [2.24, 2.45) is 0 Å². The number of hydrogen-bond donors (Lipinski definition) is 1. The fraction of sp³-hybridized carbons (Fsp3) is 0.409. The van der Waals surface area contributed by atoms with Crippen molar-refractivity contribution in [2.75, 3.05) is 29.4 Å². The Bertz CT molecular complexity index is 949. The highest BCUT2D eigenvalue weighted by Gasteiger charge is 2.23. The van der Waals surface area contributed by atoms with Crippen molar-refractivity contribution in [1.29, 1.82) is 0 Å². The molecule has 2 rings (SSSR count). The van der Waals surface area contributed by atoms with E-state index in [4.69, 9.17) is 0 Å². The molecule has 0 heterocycles. The summed E-state index contributed by atoms with van der Waals surface area (Å²) in [6.45, 7) is 4.15. The van der Waals surface area contributed by atoms with E-state index < -0.39 is 10.0 Å². The largest absolute Gasteiger partial charge is 0.354 e. The van der Waals surface area contributed by atoms with Gasteiger partial charge < -0.3 is 5.32 Å². The minimum atomic E-state index is -3.61. The van der Waals surface area contributed by atoms with Crippen LogP contribution in [0, 0.1) is 5.82 Å². The summed E-state index contributed by atoms with van der Waals surface area (Å²) in [6, 6.07) is 13.9. The Balaban J connectivity index is 1.85. The number of amides is 1. The molecule has 8 heteroatoms. The zero-order chi connectivity index (χ0) is 22.1. The van der Waals surface area contributed by atoms with Crippen LogP contribution in [-0.2, 0) is 20.6 Å². The number of halogens is 1. The minimum Gasteiger partial charge on any atom is -0.354 e. The van der Waals surface area contributed by atoms with Gasteiger partial charge in [-0.05, 0) is 41.4 Å². The zero-order valence-electron chi connectivity index (χ0n) is 17.6. The predicted molar refractivity (Wildman–Crippen MR) is 123 cm³/mol. The molecule has 0 saturated heterocycles. The maximum absolute atomic E-state index is 13.6. The number of nitrogens with zero attached hydrogens (tertiary/aromatic N) is 1. The van der Waals surface area contributed by atoms with Gasteiger partial charge in [0.1, 0.15) is 12.4 Å². The lowest BCUT2D eigenvalue weighted by Crippen LogP contribution is -2.41. The Morgan fingerprint density at radius 1 is 1.13 bits per heavy atom. The lowest BCUT2D eigenvalue weighted by molar-refractivity contribution is -0.119. The van der Waals surface area contributed by atoms with Crippen LogP contribution < -0.4 is 9.62 Å². The number of benzene rings is 2. The number of carbonyl (C=O) groups excluding carboxylic acids is 1. The summed E-state index contributed by atoms with van der Waals surface area (Å²) in [5, 5.41) is 2.78. The van der Waals surface area contributed by atoms with Crippen LogP contribution in [0.25, 0.3) is 0 Å². The van der Waals surface area contributed by atoms with Gasteiger partial charge in [0.2, 0.25) is 15.9 Å². The Labute approximate surface area is 183 Å². The Kier molecular flexibility index (Phi) is 9.17. The fourth-order valence-corrected chi connectivity index (χ4v) is 4.79. The molecule has 2 aromatic carbocycles. The average Bonchev–Trinajstić information content (AvgIpc) is 2.69. The highest BCUT2D eigenvalue weighted by Crippen LogP contribution is 2.28. The number of hydrogen-bond acceptors (Lipinski definition) is 4. The number of anilines is 1. The lowest BCUT2D eigenvalue weighted by atomic mass is 10.0. The standard InChI is InChI=1S/C22H29FN2O3S2/c1-17(2)19-10-5-7-12-21(19)25(30(3,27)28)15-22(26)24-13-8-14-29-16-18-9-4-6-11-20(18)23/h4-7,9-12,17H,8,13-16H2,1-3H3,(H,24,26). The SMILES string of the molecule is CC(C)c1ccccc1N(CC(=O)NCCCSCc1ccccc1F)S(C)(=O)=O. The van der Waals surface area contributed by atoms with Crippen LogP contribution in [0.3, 0.4) is 0 Å². The van der Waals surface area contributed by atoms with Crippen LogP contribution >= 0.6 is 11.8 Å². The number of sulfonamides is 1. The van der Waals surface area contributed by atoms with Gasteiger partial charge in [0.15, 0.2) is 0 Å². The van der Waals surface area contributed by atoms with E-state index in [9.17, 15) is 17.6 Å². The highest BCUT2D eigenvalue weighted by molar-refractivity contribution is 7.98. The quantitative estimate of drug-likeness (QED) is 0.520. The summed E-state index contributed by atoms with van der Waals surface area (Å²) in [5.41, 5.74) is 2.07. The molecular formula is C22H29FN2O3S2. The molecule has 0 atom stereocenters. The van der Waals surface area contributed by atoms with Gasteiger partial charge in [0, 0.05) is 12.3 Å². The smallest absolute Gasteiger partial charge is 0.240 e. The van der Waals surface area contributed by atoms with E-state index in [1.54, 1.807) is 36.0 Å². The average molecular weight is 453 g/mol. The number of rotatable bonds is 11. The van der Waals surface area contributed by atoms with E-state index in [1.165, 1.54) is 6.07 Å². The summed E-state index contributed by atoms with van der Waals surface area (Å²) < 4.78 is 39.4. The van der Waals surface area contributed by atoms with Gasteiger partial charge in [-0.3, -0.25) is 9.10 Å². The molecule has 0 aromatic heterocycles. The van der Waals surface area contributed by atoms with Crippen molar-refractivity contribution < 1.29 is 17.6 Å². The van der Waals surface area contributed by atoms with Crippen LogP contribution in [-0.4, -0.2) is 39.4 Å². The summed E-state index contributed by atoms with van der Waals surface area (Å²) in [7, 11) is -3.61. The lowest BCUT2D eigenvalue weighted by Gasteiger charge is -2.25. The molecule has 0 fully saturated rings. The first-order chi connectivity index (χ1) is 14.2. The topological polar surface area (TPSA) is 66.5 Å². The first-order valence-corrected chi connectivity index (χ1v) is 12.8. The first-order valence-electron chi connectivity index (χ1n) is 9.84. The molecule has 0 aliphatic rings. The molecule has 0 saturated carbocycles. The van der Waals surface area contributed by atoms with Crippen molar-refractivity contribution >= 4 is 33.4 Å². The monoisotopic (exact) mass is 452 g/mol. The fourth-order valence-electron chi connectivity index (χ4n) is 2.97. The van der Waals surface area contributed by atoms with Crippen molar-refractivity contribution in [3.63, 3.8) is 0 Å². The summed E-state index contributed by atoms with van der Waals surface area (Å²) in [6.07, 6.45) is 1.82. The number of para-hydroxylation sites is 1. The van der Waals surface area contributed by atoms with Crippen molar-refractivity contribution in [2.45, 2.75) is 31.9 Å². The second kappa shape index (κ2) is 11.4. The third-order valence-electron chi connectivity index (χ3n) is 4.52. The second-order valence-corrected chi connectivity index (χ2v) is 10.3. The second-order valence-electron chi connectivity index (χ2n) is 7.33. The van der Waals surface area contributed by atoms with Crippen LogP contribution in [0.4, 0.5) is 10.1 Å². The Morgan fingerprint density at radius 2 is 1.80 bits per heavy atom. The molecule has 0 spiro atoms. The van der Waals surface area contributed by atoms with E-state index in [1.807, 2.05) is 32.0 Å². The molecule has 0 radical (unpaired) electrons. The van der Waals surface area contributed by atoms with Gasteiger partial charge in [0.05, 0.1) is 11.9 Å². The molecular weight excluding hydrogens is 423 g/mol. The number of nitrogens with one attached hydrogen (secondary N) is 1. The Hall–Kier alpha value is -2.06. The van der Waals surface area contributed by atoms with Gasteiger partial charge in [-0.1, -0.05) is 50.2 Å². The van der Waals surface area contributed by atoms with Gasteiger partial charge >= 0.3 is 0 Å². The van der Waals surface area contributed by atoms with E-state index in [0.29, 0.717) is 30.0 Å². The third-order valence-corrected chi connectivity index (χ3v) is 6.74. The van der Waals surface area contributed by atoms with E-state index in [0.717, 1.165) is 21.9 Å². The molecule has 0 aliphatic heterocycles. The van der Waals surface area contributed by atoms with Crippen LogP contribution in [0.2, 0.25) is 0 Å². The predicted octanol–water partition coefficient (Wildman–Crippen LogP) is 4.15. The van der Waals surface area contributed by atoms with Crippen molar-refractivity contribution in [1.82, 2.24) is 5.32 Å². The molecule has 0 unspecified atom stereocenters. The maximum Gasteiger partial charge on any atom is 0.240 e. The minimum absolute atomic E-state index is 0.125. The third kappa shape index (κ3) is 7.32. The van der Waals surface area contributed by atoms with E-state index >= 15 is 0 Å². The maximum atomic E-state index is 13.6. The highest BCUT2D eigenvalue weighted by atomic mass is 32.2. The Morgan fingerprint density at radius 3 is 2.47 bits per heavy atom. The van der Waals surface area contributed by atoms with Gasteiger partial charge in [-0.25, -0.2) is 12.8 Å².